The Balaban J connectivity index is 1.60. The van der Waals surface area contributed by atoms with E-state index in [1.807, 2.05) is 13.0 Å². The Labute approximate surface area is 184 Å². The van der Waals surface area contributed by atoms with Crippen molar-refractivity contribution >= 4 is 22.7 Å². The molecule has 1 aromatic carbocycles. The summed E-state index contributed by atoms with van der Waals surface area (Å²) in [7, 11) is 0. The molecule has 1 aliphatic heterocycles. The third-order valence-corrected chi connectivity index (χ3v) is 5.76. The van der Waals surface area contributed by atoms with Crippen molar-refractivity contribution in [3.8, 4) is 5.69 Å². The van der Waals surface area contributed by atoms with Gasteiger partial charge in [-0.05, 0) is 62.2 Å². The summed E-state index contributed by atoms with van der Waals surface area (Å²) in [6, 6.07) is 9.83. The first-order valence-electron chi connectivity index (χ1n) is 10.8. The van der Waals surface area contributed by atoms with E-state index in [1.165, 1.54) is 11.1 Å². The van der Waals surface area contributed by atoms with Gasteiger partial charge in [-0.25, -0.2) is 14.3 Å². The van der Waals surface area contributed by atoms with Crippen LogP contribution in [-0.4, -0.2) is 36.0 Å². The number of nitrogens with zero attached hydrogens (tertiary/aromatic N) is 5. The Morgan fingerprint density at radius 2 is 2.09 bits per heavy atom. The Hall–Kier alpha value is -3.56. The molecule has 3 aromatic heterocycles. The van der Waals surface area contributed by atoms with Crippen molar-refractivity contribution in [2.75, 3.05) is 11.9 Å². The highest BCUT2D eigenvalue weighted by Crippen LogP contribution is 2.23. The predicted octanol–water partition coefficient (Wildman–Crippen LogP) is 2.44. The highest BCUT2D eigenvalue weighted by molar-refractivity contribution is 5.77. The molecule has 0 spiro atoms. The van der Waals surface area contributed by atoms with Gasteiger partial charge in [-0.2, -0.15) is 4.98 Å². The van der Waals surface area contributed by atoms with Crippen molar-refractivity contribution in [2.24, 2.45) is 0 Å². The summed E-state index contributed by atoms with van der Waals surface area (Å²) < 4.78 is 3.36. The van der Waals surface area contributed by atoms with E-state index < -0.39 is 6.10 Å². The molecule has 0 saturated heterocycles. The van der Waals surface area contributed by atoms with Crippen molar-refractivity contribution in [1.82, 2.24) is 29.6 Å². The van der Waals surface area contributed by atoms with Gasteiger partial charge in [0.05, 0.1) is 17.5 Å². The van der Waals surface area contributed by atoms with Gasteiger partial charge in [-0.1, -0.05) is 6.07 Å². The lowest BCUT2D eigenvalue weighted by molar-refractivity contribution is 0.194. The summed E-state index contributed by atoms with van der Waals surface area (Å²) in [5, 5.41) is 17.0. The van der Waals surface area contributed by atoms with Gasteiger partial charge in [0.15, 0.2) is 5.65 Å². The van der Waals surface area contributed by atoms with E-state index in [2.05, 4.69) is 37.7 Å². The van der Waals surface area contributed by atoms with Crippen LogP contribution in [0.4, 0.5) is 11.6 Å². The number of hydrogen-bond acceptors (Lipinski definition) is 7. The van der Waals surface area contributed by atoms with Crippen LogP contribution in [0.5, 0.6) is 0 Å². The van der Waals surface area contributed by atoms with E-state index in [0.717, 1.165) is 25.2 Å². The molecule has 0 aliphatic carbocycles. The molecule has 4 aromatic rings. The number of hydrogen-bond donors (Lipinski definition) is 3. The second-order valence-corrected chi connectivity index (χ2v) is 7.91. The second kappa shape index (κ2) is 8.18. The molecular formula is C23H25N7O2. The lowest BCUT2D eigenvalue weighted by Gasteiger charge is -2.18. The summed E-state index contributed by atoms with van der Waals surface area (Å²) in [6.45, 7) is 5.86. The second-order valence-electron chi connectivity index (χ2n) is 7.91. The monoisotopic (exact) mass is 431 g/mol. The number of fused-ring (bicyclic) bond motifs is 2. The highest BCUT2D eigenvalue weighted by Gasteiger charge is 2.18. The van der Waals surface area contributed by atoms with Gasteiger partial charge in [0.2, 0.25) is 5.95 Å². The number of nitrogens with one attached hydrogen (secondary N) is 2. The molecule has 0 saturated carbocycles. The van der Waals surface area contributed by atoms with E-state index in [4.69, 9.17) is 0 Å². The summed E-state index contributed by atoms with van der Waals surface area (Å²) in [4.78, 5) is 26.3. The number of rotatable bonds is 5. The largest absolute Gasteiger partial charge is 0.387 e. The van der Waals surface area contributed by atoms with Gasteiger partial charge < -0.3 is 15.7 Å². The molecule has 9 nitrogen and oxygen atoms in total. The molecule has 0 bridgehead atoms. The zero-order chi connectivity index (χ0) is 22.2. The summed E-state index contributed by atoms with van der Waals surface area (Å²) in [5.41, 5.74) is 5.07. The van der Waals surface area contributed by atoms with Gasteiger partial charge in [0.1, 0.15) is 5.39 Å². The average molecular weight is 432 g/mol. The number of anilines is 2. The van der Waals surface area contributed by atoms with Crippen molar-refractivity contribution in [3.05, 3.63) is 69.9 Å². The highest BCUT2D eigenvalue weighted by atomic mass is 16.3. The van der Waals surface area contributed by atoms with Crippen LogP contribution in [0.3, 0.4) is 0 Å². The molecule has 4 heterocycles. The fraction of sp³-hybridized carbons (Fsp3) is 0.304. The molecule has 1 atom stereocenters. The van der Waals surface area contributed by atoms with Gasteiger partial charge >= 0.3 is 0 Å². The van der Waals surface area contributed by atoms with Crippen molar-refractivity contribution in [2.45, 2.75) is 39.5 Å². The number of benzene rings is 1. The predicted molar refractivity (Wildman–Crippen MR) is 122 cm³/mol. The van der Waals surface area contributed by atoms with E-state index in [9.17, 15) is 9.90 Å². The maximum Gasteiger partial charge on any atom is 0.278 e. The smallest absolute Gasteiger partial charge is 0.278 e. The van der Waals surface area contributed by atoms with Crippen LogP contribution >= 0.6 is 0 Å². The van der Waals surface area contributed by atoms with Crippen LogP contribution in [0.1, 0.15) is 36.8 Å². The third kappa shape index (κ3) is 3.55. The van der Waals surface area contributed by atoms with Crippen LogP contribution in [0.15, 0.2) is 47.5 Å². The molecule has 5 rings (SSSR count). The van der Waals surface area contributed by atoms with Crippen molar-refractivity contribution in [1.29, 1.82) is 0 Å². The maximum atomic E-state index is 13.0. The third-order valence-electron chi connectivity index (χ3n) is 5.76. The standard InChI is InChI=1S/C23H25N7O2/c1-3-29-22(32)19-13-26-23(27-17-5-4-15-6-8-24-12-16(15)10-17)28-21(19)30(29)18-7-9-25-20(11-18)14(2)31/h4-5,7,9-11,13-14,24,31H,3,6,8,12H2,1-2H3,(H,26,27,28). The lowest BCUT2D eigenvalue weighted by atomic mass is 10.0. The number of aromatic nitrogens is 5. The molecule has 164 valence electrons. The maximum absolute atomic E-state index is 13.0. The SMILES string of the molecule is CCn1c(=O)c2cnc(Nc3ccc4c(c3)CNCC4)nc2n1-c1ccnc(C(C)O)c1. The van der Waals surface area contributed by atoms with Crippen LogP contribution in [0.2, 0.25) is 0 Å². The number of aliphatic hydroxyl groups excluding tert-OH is 1. The topological polar surface area (TPSA) is 110 Å². The van der Waals surface area contributed by atoms with Crippen molar-refractivity contribution in [3.63, 3.8) is 0 Å². The van der Waals surface area contributed by atoms with Crippen LogP contribution < -0.4 is 16.2 Å². The molecule has 0 amide bonds. The minimum Gasteiger partial charge on any atom is -0.387 e. The molecule has 0 fully saturated rings. The Morgan fingerprint density at radius 3 is 2.91 bits per heavy atom. The number of aliphatic hydroxyl groups is 1. The van der Waals surface area contributed by atoms with Crippen LogP contribution in [0.25, 0.3) is 16.7 Å². The molecule has 0 radical (unpaired) electrons. The fourth-order valence-corrected chi connectivity index (χ4v) is 4.12. The van der Waals surface area contributed by atoms with E-state index >= 15 is 0 Å². The molecular weight excluding hydrogens is 406 g/mol. The molecule has 1 unspecified atom stereocenters. The van der Waals surface area contributed by atoms with Crippen molar-refractivity contribution < 1.29 is 5.11 Å². The first kappa shape index (κ1) is 20.3. The molecule has 1 aliphatic rings. The Morgan fingerprint density at radius 1 is 1.22 bits per heavy atom. The zero-order valence-electron chi connectivity index (χ0n) is 18.0. The Kier molecular flexibility index (Phi) is 5.20. The summed E-state index contributed by atoms with van der Waals surface area (Å²) in [5.74, 6) is 0.410. The molecule has 32 heavy (non-hydrogen) atoms. The van der Waals surface area contributed by atoms with E-state index in [0.29, 0.717) is 34.9 Å². The first-order valence-corrected chi connectivity index (χ1v) is 10.8. The molecule has 3 N–H and O–H groups in total. The normalized spacial score (nSPS) is 14.3. The minimum absolute atomic E-state index is 0.163. The summed E-state index contributed by atoms with van der Waals surface area (Å²) >= 11 is 0. The zero-order valence-corrected chi connectivity index (χ0v) is 18.0. The summed E-state index contributed by atoms with van der Waals surface area (Å²) in [6.07, 6.45) is 3.49. The van der Waals surface area contributed by atoms with Gasteiger partial charge in [-0.3, -0.25) is 9.78 Å². The van der Waals surface area contributed by atoms with Gasteiger partial charge in [0.25, 0.3) is 5.56 Å². The Bertz CT molecular complexity index is 1360. The number of pyridine rings is 1. The van der Waals surface area contributed by atoms with Gasteiger partial charge in [0, 0.05) is 31.2 Å². The lowest BCUT2D eigenvalue weighted by Crippen LogP contribution is -2.23. The van der Waals surface area contributed by atoms with E-state index in [-0.39, 0.29) is 5.56 Å². The van der Waals surface area contributed by atoms with Gasteiger partial charge in [-0.15, -0.1) is 0 Å². The quantitative estimate of drug-likeness (QED) is 0.445. The first-order chi connectivity index (χ1) is 15.5. The van der Waals surface area contributed by atoms with Crippen LogP contribution in [-0.2, 0) is 19.5 Å². The molecule has 9 heteroatoms. The van der Waals surface area contributed by atoms with E-state index in [1.54, 1.807) is 40.8 Å². The van der Waals surface area contributed by atoms with Crippen LogP contribution in [0, 0.1) is 0 Å². The average Bonchev–Trinajstić information content (AvgIpc) is 3.10. The fourth-order valence-electron chi connectivity index (χ4n) is 4.12. The minimum atomic E-state index is -0.719.